The fourth-order valence-electron chi connectivity index (χ4n) is 2.08. The van der Waals surface area contributed by atoms with Gasteiger partial charge in [0.25, 0.3) is 0 Å². The third-order valence-corrected chi connectivity index (χ3v) is 2.90. The van der Waals surface area contributed by atoms with Gasteiger partial charge in [0.2, 0.25) is 0 Å². The monoisotopic (exact) mass is 264 g/mol. The number of nitrogens with zero attached hydrogens (tertiary/aromatic N) is 1. The predicted molar refractivity (Wildman–Crippen MR) is 84.0 cm³/mol. The van der Waals surface area contributed by atoms with Crippen LogP contribution >= 0.6 is 0 Å². The summed E-state index contributed by atoms with van der Waals surface area (Å²) in [5, 5.41) is 0. The van der Waals surface area contributed by atoms with Crippen LogP contribution in [0.25, 0.3) is 0 Å². The van der Waals surface area contributed by atoms with Crippen molar-refractivity contribution in [3.05, 3.63) is 18.2 Å². The number of rotatable bonds is 7. The molecule has 108 valence electrons. The minimum Gasteiger partial charge on any atom is -0.493 e. The van der Waals surface area contributed by atoms with Crippen molar-refractivity contribution in [2.75, 3.05) is 23.8 Å². The smallest absolute Gasteiger partial charge is 0.123 e. The Kier molecular flexibility index (Phi) is 6.00. The van der Waals surface area contributed by atoms with Crippen LogP contribution in [0.15, 0.2) is 18.2 Å². The Bertz CT molecular complexity index is 388. The van der Waals surface area contributed by atoms with E-state index in [4.69, 9.17) is 10.5 Å². The number of anilines is 2. The Labute approximate surface area is 117 Å². The second-order valence-corrected chi connectivity index (χ2v) is 5.75. The Hall–Kier alpha value is -1.38. The molecule has 19 heavy (non-hydrogen) atoms. The second-order valence-electron chi connectivity index (χ2n) is 5.75. The molecule has 0 fully saturated rings. The molecule has 1 aromatic rings. The van der Waals surface area contributed by atoms with E-state index in [2.05, 4.69) is 45.6 Å². The predicted octanol–water partition coefficient (Wildman–Crippen LogP) is 3.93. The highest BCUT2D eigenvalue weighted by atomic mass is 16.5. The summed E-state index contributed by atoms with van der Waals surface area (Å²) < 4.78 is 5.70. The van der Waals surface area contributed by atoms with Crippen molar-refractivity contribution in [2.45, 2.75) is 47.1 Å². The van der Waals surface area contributed by atoms with Gasteiger partial charge in [-0.25, -0.2) is 0 Å². The molecule has 0 heterocycles. The molecule has 0 radical (unpaired) electrons. The van der Waals surface area contributed by atoms with Crippen molar-refractivity contribution in [1.29, 1.82) is 0 Å². The van der Waals surface area contributed by atoms with Gasteiger partial charge in [0.05, 0.1) is 6.61 Å². The van der Waals surface area contributed by atoms with Gasteiger partial charge in [-0.3, -0.25) is 0 Å². The summed E-state index contributed by atoms with van der Waals surface area (Å²) in [5.74, 6) is 1.48. The molecule has 0 amide bonds. The van der Waals surface area contributed by atoms with Gasteiger partial charge < -0.3 is 15.4 Å². The van der Waals surface area contributed by atoms with Crippen LogP contribution in [-0.4, -0.2) is 19.2 Å². The Balaban J connectivity index is 2.98. The Morgan fingerprint density at radius 2 is 1.84 bits per heavy atom. The highest BCUT2D eigenvalue weighted by molar-refractivity contribution is 5.61. The zero-order valence-corrected chi connectivity index (χ0v) is 12.9. The zero-order chi connectivity index (χ0) is 14.4. The van der Waals surface area contributed by atoms with Crippen LogP contribution in [0.1, 0.15) is 41.0 Å². The molecule has 1 rings (SSSR count). The average Bonchev–Trinajstić information content (AvgIpc) is 2.32. The molecule has 2 N–H and O–H groups in total. The molecule has 0 aromatic heterocycles. The molecule has 0 aliphatic carbocycles. The minimum atomic E-state index is 0.447. The SMILES string of the molecule is CCCOc1cc(N)cc(N(CC(C)C)C(C)C)c1. The normalized spacial score (nSPS) is 11.1. The third kappa shape index (κ3) is 5.01. The van der Waals surface area contributed by atoms with Crippen LogP contribution in [0.2, 0.25) is 0 Å². The fourth-order valence-corrected chi connectivity index (χ4v) is 2.08. The molecule has 0 bridgehead atoms. The van der Waals surface area contributed by atoms with E-state index in [9.17, 15) is 0 Å². The van der Waals surface area contributed by atoms with Gasteiger partial charge in [-0.05, 0) is 32.3 Å². The number of hydrogen-bond acceptors (Lipinski definition) is 3. The summed E-state index contributed by atoms with van der Waals surface area (Å²) in [6, 6.07) is 6.46. The largest absolute Gasteiger partial charge is 0.493 e. The van der Waals surface area contributed by atoms with E-state index in [0.717, 1.165) is 36.7 Å². The van der Waals surface area contributed by atoms with Crippen molar-refractivity contribution in [1.82, 2.24) is 0 Å². The van der Waals surface area contributed by atoms with Gasteiger partial charge in [0, 0.05) is 36.1 Å². The van der Waals surface area contributed by atoms with Gasteiger partial charge in [-0.15, -0.1) is 0 Å². The fraction of sp³-hybridized carbons (Fsp3) is 0.625. The lowest BCUT2D eigenvalue weighted by molar-refractivity contribution is 0.317. The molecule has 0 aliphatic heterocycles. The van der Waals surface area contributed by atoms with E-state index in [-0.39, 0.29) is 0 Å². The van der Waals surface area contributed by atoms with Gasteiger partial charge >= 0.3 is 0 Å². The van der Waals surface area contributed by atoms with Crippen molar-refractivity contribution in [3.63, 3.8) is 0 Å². The molecule has 0 saturated heterocycles. The van der Waals surface area contributed by atoms with Crippen LogP contribution < -0.4 is 15.4 Å². The maximum Gasteiger partial charge on any atom is 0.123 e. The quantitative estimate of drug-likeness (QED) is 0.758. The molecule has 1 aromatic carbocycles. The average molecular weight is 264 g/mol. The minimum absolute atomic E-state index is 0.447. The summed E-state index contributed by atoms with van der Waals surface area (Å²) in [6.07, 6.45) is 1.00. The van der Waals surface area contributed by atoms with E-state index in [1.54, 1.807) is 0 Å². The highest BCUT2D eigenvalue weighted by Gasteiger charge is 2.13. The molecular formula is C16H28N2O. The van der Waals surface area contributed by atoms with E-state index in [0.29, 0.717) is 12.0 Å². The van der Waals surface area contributed by atoms with Crippen molar-refractivity contribution < 1.29 is 4.74 Å². The molecule has 0 unspecified atom stereocenters. The maximum absolute atomic E-state index is 5.99. The van der Waals surface area contributed by atoms with E-state index in [1.165, 1.54) is 0 Å². The Morgan fingerprint density at radius 3 is 2.37 bits per heavy atom. The van der Waals surface area contributed by atoms with E-state index >= 15 is 0 Å². The standard InChI is InChI=1S/C16H28N2O/c1-6-7-19-16-9-14(17)8-15(10-16)18(13(4)5)11-12(2)3/h8-10,12-13H,6-7,11,17H2,1-5H3. The first kappa shape index (κ1) is 15.7. The lowest BCUT2D eigenvalue weighted by Gasteiger charge is -2.31. The van der Waals surface area contributed by atoms with Crippen LogP contribution in [0.4, 0.5) is 11.4 Å². The lowest BCUT2D eigenvalue weighted by atomic mass is 10.1. The molecule has 3 nitrogen and oxygen atoms in total. The number of nitrogens with two attached hydrogens (primary N) is 1. The maximum atomic E-state index is 5.99. The van der Waals surface area contributed by atoms with Gasteiger partial charge in [0.1, 0.15) is 5.75 Å². The highest BCUT2D eigenvalue weighted by Crippen LogP contribution is 2.27. The summed E-state index contributed by atoms with van der Waals surface area (Å²) in [7, 11) is 0. The van der Waals surface area contributed by atoms with Crippen molar-refractivity contribution in [3.8, 4) is 5.75 Å². The van der Waals surface area contributed by atoms with Crippen LogP contribution in [0.3, 0.4) is 0 Å². The number of nitrogen functional groups attached to an aromatic ring is 1. The molecular weight excluding hydrogens is 236 g/mol. The number of ether oxygens (including phenoxy) is 1. The molecule has 3 heteroatoms. The van der Waals surface area contributed by atoms with Crippen molar-refractivity contribution >= 4 is 11.4 Å². The first-order valence-corrected chi connectivity index (χ1v) is 7.24. The van der Waals surface area contributed by atoms with Crippen LogP contribution in [0.5, 0.6) is 5.75 Å². The van der Waals surface area contributed by atoms with Gasteiger partial charge in [-0.2, -0.15) is 0 Å². The molecule has 0 spiro atoms. The summed E-state index contributed by atoms with van der Waals surface area (Å²) >= 11 is 0. The molecule has 0 atom stereocenters. The second kappa shape index (κ2) is 7.27. The number of benzene rings is 1. The van der Waals surface area contributed by atoms with Crippen LogP contribution in [-0.2, 0) is 0 Å². The first-order valence-electron chi connectivity index (χ1n) is 7.24. The van der Waals surface area contributed by atoms with E-state index in [1.807, 2.05) is 12.1 Å². The summed E-state index contributed by atoms with van der Waals surface area (Å²) in [4.78, 5) is 2.37. The number of hydrogen-bond donors (Lipinski definition) is 1. The molecule has 0 aliphatic rings. The first-order chi connectivity index (χ1) is 8.93. The topological polar surface area (TPSA) is 38.5 Å². The summed E-state index contributed by atoms with van der Waals surface area (Å²) in [6.45, 7) is 12.7. The third-order valence-electron chi connectivity index (χ3n) is 2.90. The lowest BCUT2D eigenvalue weighted by Crippen LogP contribution is -2.34. The Morgan fingerprint density at radius 1 is 1.16 bits per heavy atom. The van der Waals surface area contributed by atoms with Crippen molar-refractivity contribution in [2.24, 2.45) is 5.92 Å². The van der Waals surface area contributed by atoms with E-state index < -0.39 is 0 Å². The van der Waals surface area contributed by atoms with Gasteiger partial charge in [0.15, 0.2) is 0 Å². The van der Waals surface area contributed by atoms with Gasteiger partial charge in [-0.1, -0.05) is 20.8 Å². The summed E-state index contributed by atoms with van der Waals surface area (Å²) in [5.41, 5.74) is 7.90. The molecule has 0 saturated carbocycles. The van der Waals surface area contributed by atoms with Crippen LogP contribution in [0, 0.1) is 5.92 Å². The zero-order valence-electron chi connectivity index (χ0n) is 12.9.